The van der Waals surface area contributed by atoms with Crippen LogP contribution in [0.3, 0.4) is 0 Å². The zero-order valence-electron chi connectivity index (χ0n) is 32.1. The molecule has 0 saturated carbocycles. The number of nitrogens with one attached hydrogen (secondary N) is 1. The molecule has 0 spiro atoms. The fraction of sp³-hybridized carbons (Fsp3) is 0.925. The van der Waals surface area contributed by atoms with E-state index >= 15 is 0 Å². The lowest BCUT2D eigenvalue weighted by Gasteiger charge is -2.40. The van der Waals surface area contributed by atoms with Crippen LogP contribution in [0.1, 0.15) is 168 Å². The topological polar surface area (TPSA) is 189 Å². The van der Waals surface area contributed by atoms with Gasteiger partial charge in [0.25, 0.3) is 0 Å². The third kappa shape index (κ3) is 22.0. The van der Waals surface area contributed by atoms with Gasteiger partial charge >= 0.3 is 0 Å². The predicted octanol–water partition coefficient (Wildman–Crippen LogP) is 5.33. The van der Waals surface area contributed by atoms with Crippen LogP contribution in [0.25, 0.3) is 0 Å². The molecule has 0 aromatic heterocycles. The first-order valence-electron chi connectivity index (χ1n) is 20.6. The number of aliphatic hydroxyl groups is 7. The number of carbonyl (C=O) groups is 1. The Hall–Kier alpha value is -1.15. The molecule has 51 heavy (non-hydrogen) atoms. The molecule has 8 N–H and O–H groups in total. The lowest BCUT2D eigenvalue weighted by molar-refractivity contribution is -0.303. The zero-order valence-corrected chi connectivity index (χ0v) is 32.1. The normalized spacial score (nSPS) is 23.4. The second-order valence-electron chi connectivity index (χ2n) is 14.7. The SMILES string of the molecule is CCCCCCCCC/C=C\CCC[C@@H](O)[C@@H](O)[C@H](CO[C@@H]1O[C@H](CO)[C@@H](O)C(O)C1O)NC(=O)[C@H](O)CCCCCCCCCCCCCC. The first-order valence-corrected chi connectivity index (χ1v) is 20.6. The van der Waals surface area contributed by atoms with E-state index in [-0.39, 0.29) is 12.8 Å². The van der Waals surface area contributed by atoms with Gasteiger partial charge in [0.15, 0.2) is 6.29 Å². The van der Waals surface area contributed by atoms with Gasteiger partial charge in [-0.15, -0.1) is 0 Å². The Kier molecular flexibility index (Phi) is 29.3. The summed E-state index contributed by atoms with van der Waals surface area (Å²) >= 11 is 0. The Balaban J connectivity index is 2.56. The maximum absolute atomic E-state index is 13.0. The van der Waals surface area contributed by atoms with Gasteiger partial charge in [-0.1, -0.05) is 142 Å². The summed E-state index contributed by atoms with van der Waals surface area (Å²) in [6, 6.07) is -1.18. The highest BCUT2D eigenvalue weighted by Gasteiger charge is 2.44. The molecule has 1 saturated heterocycles. The molecule has 0 radical (unpaired) electrons. The Morgan fingerprint density at radius 3 is 1.69 bits per heavy atom. The Bertz CT molecular complexity index is 846. The second kappa shape index (κ2) is 31.2. The van der Waals surface area contributed by atoms with Crippen molar-refractivity contribution >= 4 is 5.91 Å². The molecule has 0 bridgehead atoms. The molecule has 9 atom stereocenters. The highest BCUT2D eigenvalue weighted by atomic mass is 16.7. The monoisotopic (exact) mass is 732 g/mol. The van der Waals surface area contributed by atoms with E-state index in [0.29, 0.717) is 12.8 Å². The zero-order chi connectivity index (χ0) is 37.7. The Labute approximate surface area is 309 Å². The summed E-state index contributed by atoms with van der Waals surface area (Å²) in [5.41, 5.74) is 0. The Morgan fingerprint density at radius 2 is 1.16 bits per heavy atom. The number of amides is 1. The van der Waals surface area contributed by atoms with Crippen molar-refractivity contribution in [3.8, 4) is 0 Å². The molecule has 11 heteroatoms. The number of allylic oxidation sites excluding steroid dienone is 2. The molecule has 11 nitrogen and oxygen atoms in total. The number of unbranched alkanes of at least 4 members (excludes halogenated alkanes) is 19. The molecule has 0 aromatic carbocycles. The fourth-order valence-corrected chi connectivity index (χ4v) is 6.56. The van der Waals surface area contributed by atoms with E-state index in [1.165, 1.54) is 89.9 Å². The maximum atomic E-state index is 13.0. The lowest BCUT2D eigenvalue weighted by Crippen LogP contribution is -2.60. The van der Waals surface area contributed by atoms with Crippen LogP contribution in [0, 0.1) is 0 Å². The van der Waals surface area contributed by atoms with Crippen LogP contribution in [0.5, 0.6) is 0 Å². The highest BCUT2D eigenvalue weighted by molar-refractivity contribution is 5.80. The second-order valence-corrected chi connectivity index (χ2v) is 14.7. The quantitative estimate of drug-likeness (QED) is 0.0324. The average molecular weight is 732 g/mol. The van der Waals surface area contributed by atoms with Crippen LogP contribution >= 0.6 is 0 Å². The van der Waals surface area contributed by atoms with Gasteiger partial charge in [-0.3, -0.25) is 4.79 Å². The molecule has 0 aromatic rings. The number of hydrogen-bond donors (Lipinski definition) is 8. The Morgan fingerprint density at radius 1 is 0.667 bits per heavy atom. The minimum atomic E-state index is -1.66. The van der Waals surface area contributed by atoms with Crippen molar-refractivity contribution in [1.29, 1.82) is 0 Å². The van der Waals surface area contributed by atoms with E-state index in [4.69, 9.17) is 9.47 Å². The van der Waals surface area contributed by atoms with Crippen molar-refractivity contribution in [2.24, 2.45) is 0 Å². The molecular formula is C40H77NO10. The summed E-state index contributed by atoms with van der Waals surface area (Å²) in [6.45, 7) is 3.38. The maximum Gasteiger partial charge on any atom is 0.249 e. The van der Waals surface area contributed by atoms with Crippen LogP contribution in [0.2, 0.25) is 0 Å². The minimum absolute atomic E-state index is 0.257. The summed E-state index contributed by atoms with van der Waals surface area (Å²) < 4.78 is 11.0. The smallest absolute Gasteiger partial charge is 0.249 e. The number of hydrogen-bond acceptors (Lipinski definition) is 10. The standard InChI is InChI=1S/C40H77NO10/c1-3-5-7-9-11-13-15-17-19-21-23-25-27-32(43)35(45)31(30-50-40-38(48)37(47)36(46)34(29-42)51-40)41-39(49)33(44)28-26-24-22-20-18-16-14-12-10-8-6-4-2/h19,21,31-38,40,42-48H,3-18,20,22-30H2,1-2H3,(H,41,49)/b21-19-/t31-,32+,33+,34+,35-,36+,37?,38?,40+/m0/s1. The summed E-state index contributed by atoms with van der Waals surface area (Å²) in [4.78, 5) is 13.0. The van der Waals surface area contributed by atoms with E-state index in [1.807, 2.05) is 0 Å². The van der Waals surface area contributed by atoms with Crippen LogP contribution in [0.15, 0.2) is 12.2 Å². The molecule has 302 valence electrons. The lowest BCUT2D eigenvalue weighted by atomic mass is 9.98. The first kappa shape index (κ1) is 47.9. The number of rotatable bonds is 33. The van der Waals surface area contributed by atoms with Gasteiger partial charge in [-0.25, -0.2) is 0 Å². The molecule has 1 rings (SSSR count). The molecular weight excluding hydrogens is 654 g/mol. The van der Waals surface area contributed by atoms with Crippen molar-refractivity contribution in [3.63, 3.8) is 0 Å². The van der Waals surface area contributed by atoms with E-state index in [2.05, 4.69) is 31.3 Å². The van der Waals surface area contributed by atoms with Crippen molar-refractivity contribution < 1.29 is 50.0 Å². The van der Waals surface area contributed by atoms with Gasteiger partial charge in [0, 0.05) is 0 Å². The van der Waals surface area contributed by atoms with Crippen LogP contribution < -0.4 is 5.32 Å². The first-order chi connectivity index (χ1) is 24.7. The summed E-state index contributed by atoms with van der Waals surface area (Å²) in [6.07, 6.45) is 18.4. The van der Waals surface area contributed by atoms with Gasteiger partial charge in [-0.05, 0) is 38.5 Å². The van der Waals surface area contributed by atoms with E-state index in [0.717, 1.165) is 38.5 Å². The van der Waals surface area contributed by atoms with Crippen molar-refractivity contribution in [3.05, 3.63) is 12.2 Å². The number of aliphatic hydroxyl groups excluding tert-OH is 7. The molecule has 0 aliphatic carbocycles. The molecule has 1 aliphatic rings. The minimum Gasteiger partial charge on any atom is -0.394 e. The number of carbonyl (C=O) groups excluding carboxylic acids is 1. The summed E-state index contributed by atoms with van der Waals surface area (Å²) in [7, 11) is 0. The summed E-state index contributed by atoms with van der Waals surface area (Å²) in [5.74, 6) is -0.708. The van der Waals surface area contributed by atoms with Gasteiger partial charge < -0.3 is 50.5 Å². The third-order valence-corrected chi connectivity index (χ3v) is 10.1. The van der Waals surface area contributed by atoms with Gasteiger partial charge in [-0.2, -0.15) is 0 Å². The van der Waals surface area contributed by atoms with Gasteiger partial charge in [0.05, 0.1) is 25.4 Å². The van der Waals surface area contributed by atoms with Crippen molar-refractivity contribution in [1.82, 2.24) is 5.32 Å². The van der Waals surface area contributed by atoms with Crippen LogP contribution in [-0.4, -0.2) is 110 Å². The van der Waals surface area contributed by atoms with Crippen LogP contribution in [0.4, 0.5) is 0 Å². The highest BCUT2D eigenvalue weighted by Crippen LogP contribution is 2.23. The molecule has 1 fully saturated rings. The largest absolute Gasteiger partial charge is 0.394 e. The average Bonchev–Trinajstić information content (AvgIpc) is 3.13. The molecule has 2 unspecified atom stereocenters. The van der Waals surface area contributed by atoms with E-state index in [1.54, 1.807) is 0 Å². The fourth-order valence-electron chi connectivity index (χ4n) is 6.56. The number of ether oxygens (including phenoxy) is 2. The van der Waals surface area contributed by atoms with Gasteiger partial charge in [0.1, 0.15) is 36.6 Å². The molecule has 1 amide bonds. The van der Waals surface area contributed by atoms with Crippen LogP contribution in [-0.2, 0) is 14.3 Å². The molecule has 1 heterocycles. The third-order valence-electron chi connectivity index (χ3n) is 10.1. The van der Waals surface area contributed by atoms with Crippen molar-refractivity contribution in [2.75, 3.05) is 13.2 Å². The van der Waals surface area contributed by atoms with Crippen molar-refractivity contribution in [2.45, 2.75) is 223 Å². The van der Waals surface area contributed by atoms with Gasteiger partial charge in [0.2, 0.25) is 5.91 Å². The van der Waals surface area contributed by atoms with E-state index in [9.17, 15) is 40.5 Å². The molecule has 1 aliphatic heterocycles. The van der Waals surface area contributed by atoms with E-state index < -0.39 is 74.2 Å². The predicted molar refractivity (Wildman–Crippen MR) is 201 cm³/mol. The summed E-state index contributed by atoms with van der Waals surface area (Å²) in [5, 5.41) is 75.2.